The van der Waals surface area contributed by atoms with Gasteiger partial charge in [0.1, 0.15) is 0 Å². The fourth-order valence-corrected chi connectivity index (χ4v) is 0.618. The molecule has 6 heteroatoms. The van der Waals surface area contributed by atoms with E-state index in [9.17, 15) is 19.2 Å². The van der Waals surface area contributed by atoms with Crippen molar-refractivity contribution in [1.29, 1.82) is 0 Å². The molecule has 0 aliphatic heterocycles. The molecule has 0 unspecified atom stereocenters. The molecule has 0 spiro atoms. The summed E-state index contributed by atoms with van der Waals surface area (Å²) in [6.07, 6.45) is 2.16. The number of carbonyl (C=O) groups is 4. The van der Waals surface area contributed by atoms with E-state index in [1.807, 2.05) is 0 Å². The largest absolute Gasteiger partial charge is 0.478 e. The van der Waals surface area contributed by atoms with Crippen LogP contribution in [0.1, 0.15) is 6.42 Å². The van der Waals surface area contributed by atoms with Gasteiger partial charge in [-0.05, 0) is 12.2 Å². The number of carboxylic acids is 2. The van der Waals surface area contributed by atoms with Crippen molar-refractivity contribution in [2.24, 2.45) is 0 Å². The first-order valence-electron chi connectivity index (χ1n) is 3.79. The molecule has 0 heterocycles. The summed E-state index contributed by atoms with van der Waals surface area (Å²) in [4.78, 5) is 41.7. The lowest BCUT2D eigenvalue weighted by molar-refractivity contribution is -0.132. The molecule has 0 bridgehead atoms. The van der Waals surface area contributed by atoms with Crippen molar-refractivity contribution in [2.75, 3.05) is 0 Å². The molecule has 2 N–H and O–H groups in total. The van der Waals surface area contributed by atoms with Crippen molar-refractivity contribution in [3.8, 4) is 0 Å². The number of hydrogen-bond acceptors (Lipinski definition) is 4. The van der Waals surface area contributed by atoms with Crippen LogP contribution in [0.15, 0.2) is 24.3 Å². The van der Waals surface area contributed by atoms with Crippen LogP contribution < -0.4 is 0 Å². The molecule has 0 aliphatic rings. The van der Waals surface area contributed by atoms with Crippen LogP contribution in [0.2, 0.25) is 0 Å². The van der Waals surface area contributed by atoms with Gasteiger partial charge in [-0.3, -0.25) is 9.59 Å². The molecule has 80 valence electrons. The van der Waals surface area contributed by atoms with Crippen LogP contribution in [-0.2, 0) is 19.2 Å². The second-order valence-corrected chi connectivity index (χ2v) is 2.45. The maximum atomic E-state index is 10.9. The summed E-state index contributed by atoms with van der Waals surface area (Å²) in [5.41, 5.74) is 0. The van der Waals surface area contributed by atoms with Gasteiger partial charge < -0.3 is 10.2 Å². The van der Waals surface area contributed by atoms with Gasteiger partial charge in [-0.15, -0.1) is 0 Å². The number of ketones is 2. The number of hydrogen-bond donors (Lipinski definition) is 2. The summed E-state index contributed by atoms with van der Waals surface area (Å²) in [6.45, 7) is 0. The number of carbonyl (C=O) groups excluding carboxylic acids is 2. The molecule has 0 aromatic rings. The second-order valence-electron chi connectivity index (χ2n) is 2.45. The van der Waals surface area contributed by atoms with Gasteiger partial charge in [-0.2, -0.15) is 0 Å². The maximum absolute atomic E-state index is 10.9. The van der Waals surface area contributed by atoms with Crippen molar-refractivity contribution < 1.29 is 29.4 Å². The number of aliphatic carboxylic acids is 2. The van der Waals surface area contributed by atoms with Crippen molar-refractivity contribution in [1.82, 2.24) is 0 Å². The number of allylic oxidation sites excluding steroid dienone is 2. The highest BCUT2D eigenvalue weighted by Gasteiger charge is 2.04. The Morgan fingerprint density at radius 3 is 1.33 bits per heavy atom. The van der Waals surface area contributed by atoms with Gasteiger partial charge in [0.25, 0.3) is 0 Å². The average Bonchev–Trinajstić information content (AvgIpc) is 2.11. The SMILES string of the molecule is O=C(O)/C=C/C(=O)CC(=O)/C=C/C(=O)O. The van der Waals surface area contributed by atoms with Gasteiger partial charge in [0, 0.05) is 12.2 Å². The van der Waals surface area contributed by atoms with Crippen LogP contribution in [0, 0.1) is 0 Å². The van der Waals surface area contributed by atoms with E-state index in [1.165, 1.54) is 0 Å². The molecule has 15 heavy (non-hydrogen) atoms. The van der Waals surface area contributed by atoms with Crippen molar-refractivity contribution in [3.05, 3.63) is 24.3 Å². The minimum atomic E-state index is -1.29. The first-order valence-corrected chi connectivity index (χ1v) is 3.79. The number of rotatable bonds is 6. The Labute approximate surface area is 84.5 Å². The summed E-state index contributed by atoms with van der Waals surface area (Å²) < 4.78 is 0. The van der Waals surface area contributed by atoms with Crippen molar-refractivity contribution >= 4 is 23.5 Å². The zero-order chi connectivity index (χ0) is 11.8. The highest BCUT2D eigenvalue weighted by molar-refractivity contribution is 6.10. The van der Waals surface area contributed by atoms with Crippen LogP contribution in [0.3, 0.4) is 0 Å². The van der Waals surface area contributed by atoms with Gasteiger partial charge in [0.15, 0.2) is 11.6 Å². The van der Waals surface area contributed by atoms with Gasteiger partial charge in [-0.1, -0.05) is 0 Å². The Kier molecular flexibility index (Phi) is 5.32. The van der Waals surface area contributed by atoms with E-state index in [-0.39, 0.29) is 0 Å². The standard InChI is InChI=1S/C9H8O6/c10-6(1-3-8(12)13)5-7(11)2-4-9(14)15/h1-4H,5H2,(H,12,13)(H,14,15)/b3-1+,4-2+. The van der Waals surface area contributed by atoms with Crippen LogP contribution in [0.4, 0.5) is 0 Å². The predicted octanol–water partition coefficient (Wildman–Crippen LogP) is -0.204. The molecule has 0 saturated carbocycles. The van der Waals surface area contributed by atoms with Gasteiger partial charge in [0.05, 0.1) is 6.42 Å². The molecule has 0 amide bonds. The Morgan fingerprint density at radius 1 is 0.733 bits per heavy atom. The zero-order valence-corrected chi connectivity index (χ0v) is 7.54. The summed E-state index contributed by atoms with van der Waals surface area (Å²) in [7, 11) is 0. The van der Waals surface area contributed by atoms with E-state index in [4.69, 9.17) is 10.2 Å². The second kappa shape index (κ2) is 6.25. The maximum Gasteiger partial charge on any atom is 0.328 e. The normalized spacial score (nSPS) is 10.7. The Morgan fingerprint density at radius 2 is 1.07 bits per heavy atom. The first kappa shape index (κ1) is 12.8. The molecule has 0 atom stereocenters. The lowest BCUT2D eigenvalue weighted by Crippen LogP contribution is -2.04. The lowest BCUT2D eigenvalue weighted by Gasteiger charge is -1.88. The van der Waals surface area contributed by atoms with Gasteiger partial charge in [-0.25, -0.2) is 9.59 Å². The van der Waals surface area contributed by atoms with Gasteiger partial charge in [0.2, 0.25) is 0 Å². The average molecular weight is 212 g/mol. The third-order valence-corrected chi connectivity index (χ3v) is 1.17. The highest BCUT2D eigenvalue weighted by atomic mass is 16.4. The van der Waals surface area contributed by atoms with Crippen molar-refractivity contribution in [2.45, 2.75) is 6.42 Å². The van der Waals surface area contributed by atoms with Gasteiger partial charge >= 0.3 is 11.9 Å². The van der Waals surface area contributed by atoms with Crippen LogP contribution in [0.25, 0.3) is 0 Å². The minimum absolute atomic E-state index is 0.548. The zero-order valence-electron chi connectivity index (χ0n) is 7.54. The topological polar surface area (TPSA) is 109 Å². The number of carboxylic acid groups (broad SMARTS) is 2. The predicted molar refractivity (Wildman–Crippen MR) is 48.2 cm³/mol. The van der Waals surface area contributed by atoms with E-state index in [2.05, 4.69) is 0 Å². The summed E-state index contributed by atoms with van der Waals surface area (Å²) in [6, 6.07) is 0. The molecule has 0 aromatic carbocycles. The van der Waals surface area contributed by atoms with E-state index in [1.54, 1.807) is 0 Å². The Bertz CT molecular complexity index is 316. The third kappa shape index (κ3) is 8.10. The molecular formula is C9H8O6. The van der Waals surface area contributed by atoms with Crippen LogP contribution >= 0.6 is 0 Å². The summed E-state index contributed by atoms with van der Waals surface area (Å²) in [5, 5.41) is 16.3. The van der Waals surface area contributed by atoms with E-state index >= 15 is 0 Å². The summed E-state index contributed by atoms with van der Waals surface area (Å²) in [5.74, 6) is -3.98. The van der Waals surface area contributed by atoms with E-state index in [0.717, 1.165) is 12.2 Å². The van der Waals surface area contributed by atoms with Crippen LogP contribution in [0.5, 0.6) is 0 Å². The first-order chi connectivity index (χ1) is 6.91. The monoisotopic (exact) mass is 212 g/mol. The smallest absolute Gasteiger partial charge is 0.328 e. The summed E-state index contributed by atoms with van der Waals surface area (Å²) >= 11 is 0. The molecule has 0 saturated heterocycles. The molecule has 0 rings (SSSR count). The fraction of sp³-hybridized carbons (Fsp3) is 0.111. The lowest BCUT2D eigenvalue weighted by atomic mass is 10.2. The van der Waals surface area contributed by atoms with Crippen LogP contribution in [-0.4, -0.2) is 33.7 Å². The molecular weight excluding hydrogens is 204 g/mol. The molecule has 6 nitrogen and oxygen atoms in total. The molecule has 0 aliphatic carbocycles. The Balaban J connectivity index is 4.14. The quantitative estimate of drug-likeness (QED) is 0.466. The van der Waals surface area contributed by atoms with E-state index < -0.39 is 29.9 Å². The Hall–Kier alpha value is -2.24. The molecule has 0 aromatic heterocycles. The highest BCUT2D eigenvalue weighted by Crippen LogP contribution is 1.90. The fourth-order valence-electron chi connectivity index (χ4n) is 0.618. The molecule has 0 radical (unpaired) electrons. The van der Waals surface area contributed by atoms with E-state index in [0.29, 0.717) is 12.2 Å². The third-order valence-electron chi connectivity index (χ3n) is 1.17. The van der Waals surface area contributed by atoms with Crippen molar-refractivity contribution in [3.63, 3.8) is 0 Å². The minimum Gasteiger partial charge on any atom is -0.478 e. The molecule has 0 fully saturated rings.